The van der Waals surface area contributed by atoms with Crippen LogP contribution in [0.4, 0.5) is 4.39 Å². The molecule has 0 amide bonds. The second-order valence-electron chi connectivity index (χ2n) is 8.76. The summed E-state index contributed by atoms with van der Waals surface area (Å²) >= 11 is 0. The SMILES string of the molecule is CCOC(=O)C(C)N(Oc1cccc2ccccc12)[P+](=O)OC[C@@]1(N=[N+]=[N-])O[C@@H](n2ccc(=O)[nH]c2=O)[C@H](O)[C@@H]1F. The lowest BCUT2D eigenvalue weighted by atomic mass is 10.1. The van der Waals surface area contributed by atoms with E-state index < -0.39 is 62.3 Å². The first-order chi connectivity index (χ1) is 19.6. The van der Waals surface area contributed by atoms with E-state index in [1.54, 1.807) is 31.2 Å². The molecule has 1 fully saturated rings. The fourth-order valence-corrected chi connectivity index (χ4v) is 5.03. The fraction of sp³-hybridized carbons (Fsp3) is 0.375. The molecular weight excluding hydrogens is 566 g/mol. The van der Waals surface area contributed by atoms with Crippen LogP contribution in [0.2, 0.25) is 0 Å². The summed E-state index contributed by atoms with van der Waals surface area (Å²) in [6.07, 6.45) is -5.33. The van der Waals surface area contributed by atoms with E-state index in [-0.39, 0.29) is 12.4 Å². The molecular formula is C24H25FN6O9P+. The van der Waals surface area contributed by atoms with Crippen LogP contribution in [-0.4, -0.2) is 62.7 Å². The topological polar surface area (TPSA) is 198 Å². The van der Waals surface area contributed by atoms with Crippen molar-refractivity contribution in [1.82, 2.24) is 14.4 Å². The summed E-state index contributed by atoms with van der Waals surface area (Å²) in [5.41, 5.74) is 4.74. The third-order valence-corrected chi connectivity index (χ3v) is 7.23. The number of fused-ring (bicyclic) bond motifs is 1. The summed E-state index contributed by atoms with van der Waals surface area (Å²) in [6.45, 7) is 1.90. The zero-order chi connectivity index (χ0) is 29.7. The number of azide groups is 1. The fourth-order valence-electron chi connectivity index (χ4n) is 4.09. The number of carbonyl (C=O) groups is 1. The van der Waals surface area contributed by atoms with Crippen molar-refractivity contribution in [3.8, 4) is 5.75 Å². The maximum atomic E-state index is 15.4. The van der Waals surface area contributed by atoms with E-state index in [0.717, 1.165) is 17.6 Å². The molecule has 1 aliphatic rings. The Labute approximate surface area is 231 Å². The van der Waals surface area contributed by atoms with Crippen molar-refractivity contribution in [3.05, 3.63) is 86.0 Å². The molecule has 216 valence electrons. The first-order valence-corrected chi connectivity index (χ1v) is 13.3. The average molecular weight is 591 g/mol. The number of aromatic nitrogens is 2. The van der Waals surface area contributed by atoms with Gasteiger partial charge < -0.3 is 19.4 Å². The smallest absolute Gasteiger partial charge is 0.465 e. The number of H-pyrrole nitrogens is 1. The second-order valence-corrected chi connectivity index (χ2v) is 9.89. The van der Waals surface area contributed by atoms with Gasteiger partial charge in [0.15, 0.2) is 24.2 Å². The van der Waals surface area contributed by atoms with Crippen molar-refractivity contribution < 1.29 is 37.7 Å². The molecule has 1 saturated heterocycles. The molecule has 2 heterocycles. The zero-order valence-electron chi connectivity index (χ0n) is 21.7. The molecule has 0 spiro atoms. The minimum absolute atomic E-state index is 0.0175. The number of rotatable bonds is 11. The minimum Gasteiger partial charge on any atom is -0.465 e. The van der Waals surface area contributed by atoms with Crippen molar-refractivity contribution in [2.24, 2.45) is 5.11 Å². The maximum Gasteiger partial charge on any atom is 0.653 e. The van der Waals surface area contributed by atoms with Crippen LogP contribution in [0.1, 0.15) is 20.1 Å². The standard InChI is InChI=1S/C24H24FN6O9P/c1-3-37-22(34)14(2)31(40-17-10-6-8-15-7-4-5-9-16(15)17)41(36)38-13-24(28-29-26)20(25)19(33)21(39-24)30-12-11-18(32)27-23(30)35/h4-12,14,19-21,33H,3,13H2,1-2H3/p+1/t14?,19-,20+,21-,24-/m1/s1. The summed E-state index contributed by atoms with van der Waals surface area (Å²) in [5.74, 6) is -0.595. The highest BCUT2D eigenvalue weighted by Gasteiger charge is 2.59. The van der Waals surface area contributed by atoms with Gasteiger partial charge >= 0.3 is 19.8 Å². The van der Waals surface area contributed by atoms with Gasteiger partial charge in [-0.05, 0) is 35.4 Å². The highest BCUT2D eigenvalue weighted by molar-refractivity contribution is 7.36. The zero-order valence-corrected chi connectivity index (χ0v) is 22.6. The lowest BCUT2D eigenvalue weighted by Crippen LogP contribution is -2.43. The van der Waals surface area contributed by atoms with E-state index in [1.165, 1.54) is 6.92 Å². The number of halogens is 1. The number of aliphatic hydroxyl groups is 1. The third kappa shape index (κ3) is 6.12. The predicted octanol–water partition coefficient (Wildman–Crippen LogP) is 2.85. The van der Waals surface area contributed by atoms with Gasteiger partial charge in [0, 0.05) is 22.6 Å². The molecule has 41 heavy (non-hydrogen) atoms. The molecule has 1 aliphatic heterocycles. The third-order valence-electron chi connectivity index (χ3n) is 6.13. The molecule has 0 radical (unpaired) electrons. The first-order valence-electron chi connectivity index (χ1n) is 12.2. The van der Waals surface area contributed by atoms with E-state index in [4.69, 9.17) is 24.4 Å². The second kappa shape index (κ2) is 12.6. The minimum atomic E-state index is -3.14. The predicted molar refractivity (Wildman–Crippen MR) is 140 cm³/mol. The van der Waals surface area contributed by atoms with Crippen molar-refractivity contribution in [3.63, 3.8) is 0 Å². The number of hydroxylamine groups is 1. The molecule has 3 aromatic rings. The molecule has 0 bridgehead atoms. The highest BCUT2D eigenvalue weighted by Crippen LogP contribution is 2.43. The number of aliphatic hydroxyl groups excluding tert-OH is 1. The summed E-state index contributed by atoms with van der Waals surface area (Å²) in [7, 11) is -3.14. The molecule has 4 rings (SSSR count). The van der Waals surface area contributed by atoms with Gasteiger partial charge in [-0.15, -0.1) is 4.52 Å². The van der Waals surface area contributed by atoms with Crippen LogP contribution in [-0.2, 0) is 23.4 Å². The van der Waals surface area contributed by atoms with Crippen LogP contribution >= 0.6 is 8.18 Å². The molecule has 17 heteroatoms. The normalized spacial score (nSPS) is 23.1. The monoisotopic (exact) mass is 591 g/mol. The molecule has 6 atom stereocenters. The largest absolute Gasteiger partial charge is 0.653 e. The number of esters is 1. The van der Waals surface area contributed by atoms with Gasteiger partial charge in [-0.1, -0.05) is 41.5 Å². The quantitative estimate of drug-likeness (QED) is 0.0835. The molecule has 2 aromatic carbocycles. The lowest BCUT2D eigenvalue weighted by Gasteiger charge is -2.23. The van der Waals surface area contributed by atoms with Crippen LogP contribution in [0.25, 0.3) is 21.2 Å². The lowest BCUT2D eigenvalue weighted by molar-refractivity contribution is -0.155. The number of carbonyl (C=O) groups excluding carboxylic acids is 1. The Bertz CT molecular complexity index is 1610. The van der Waals surface area contributed by atoms with Crippen LogP contribution in [0.3, 0.4) is 0 Å². The van der Waals surface area contributed by atoms with Crippen LogP contribution in [0.15, 0.2) is 69.4 Å². The van der Waals surface area contributed by atoms with Crippen LogP contribution < -0.4 is 16.1 Å². The van der Waals surface area contributed by atoms with Crippen LogP contribution in [0, 0.1) is 0 Å². The van der Waals surface area contributed by atoms with Gasteiger partial charge in [0.2, 0.25) is 5.72 Å². The van der Waals surface area contributed by atoms with E-state index in [0.29, 0.717) is 14.8 Å². The van der Waals surface area contributed by atoms with E-state index in [2.05, 4.69) is 10.0 Å². The summed E-state index contributed by atoms with van der Waals surface area (Å²) in [5, 5.41) is 15.2. The summed E-state index contributed by atoms with van der Waals surface area (Å²) in [4.78, 5) is 47.2. The van der Waals surface area contributed by atoms with Gasteiger partial charge in [-0.3, -0.25) is 19.1 Å². The van der Waals surface area contributed by atoms with Gasteiger partial charge in [-0.2, -0.15) is 0 Å². The average Bonchev–Trinajstić information content (AvgIpc) is 3.20. The first kappa shape index (κ1) is 29.8. The van der Waals surface area contributed by atoms with Crippen molar-refractivity contribution in [2.75, 3.05) is 13.2 Å². The molecule has 2 N–H and O–H groups in total. The molecule has 0 saturated carbocycles. The number of hydrogen-bond donors (Lipinski definition) is 2. The van der Waals surface area contributed by atoms with E-state index in [1.807, 2.05) is 23.2 Å². The van der Waals surface area contributed by atoms with Gasteiger partial charge in [0.25, 0.3) is 5.56 Å². The Hall–Kier alpha value is -4.17. The Morgan fingerprint density at radius 3 is 2.76 bits per heavy atom. The number of aromatic amines is 1. The molecule has 2 unspecified atom stereocenters. The number of ether oxygens (including phenoxy) is 2. The van der Waals surface area contributed by atoms with E-state index >= 15 is 4.39 Å². The van der Waals surface area contributed by atoms with Crippen LogP contribution in [0.5, 0.6) is 5.75 Å². The van der Waals surface area contributed by atoms with Crippen molar-refractivity contribution in [1.29, 1.82) is 0 Å². The number of hydrogen-bond acceptors (Lipinski definition) is 10. The Kier molecular flexibility index (Phi) is 9.13. The Morgan fingerprint density at radius 1 is 1.32 bits per heavy atom. The maximum absolute atomic E-state index is 15.4. The molecule has 0 aliphatic carbocycles. The number of nitrogens with one attached hydrogen (secondary N) is 1. The number of benzene rings is 2. The summed E-state index contributed by atoms with van der Waals surface area (Å²) in [6, 6.07) is 11.8. The molecule has 1 aromatic heterocycles. The Balaban J connectivity index is 1.62. The summed E-state index contributed by atoms with van der Waals surface area (Å²) < 4.78 is 45.3. The molecule has 15 nitrogen and oxygen atoms in total. The highest BCUT2D eigenvalue weighted by atomic mass is 31.1. The number of alkyl halides is 1. The van der Waals surface area contributed by atoms with Gasteiger partial charge in [-0.25, -0.2) is 9.18 Å². The number of nitrogens with zero attached hydrogens (tertiary/aromatic N) is 5. The van der Waals surface area contributed by atoms with Crippen molar-refractivity contribution >= 4 is 24.9 Å². The van der Waals surface area contributed by atoms with Gasteiger partial charge in [0.05, 0.1) is 6.61 Å². The van der Waals surface area contributed by atoms with Gasteiger partial charge in [0.1, 0.15) is 17.5 Å². The Morgan fingerprint density at radius 2 is 2.05 bits per heavy atom. The van der Waals surface area contributed by atoms with Crippen molar-refractivity contribution in [2.45, 2.75) is 44.1 Å². The van der Waals surface area contributed by atoms with E-state index in [9.17, 15) is 24.1 Å².